The third kappa shape index (κ3) is 4.37. The lowest BCUT2D eigenvalue weighted by atomic mass is 9.93. The van der Waals surface area contributed by atoms with Gasteiger partial charge in [-0.25, -0.2) is 0 Å². The van der Waals surface area contributed by atoms with Gasteiger partial charge >= 0.3 is 0 Å². The molecule has 0 saturated heterocycles. The molecular weight excluding hydrogens is 280 g/mol. The molecule has 0 fully saturated rings. The van der Waals surface area contributed by atoms with E-state index < -0.39 is 0 Å². The molecule has 0 aliphatic rings. The number of aromatic nitrogens is 1. The Labute approximate surface area is 112 Å². The topological polar surface area (TPSA) is 34.1 Å². The van der Waals surface area contributed by atoms with Gasteiger partial charge in [-0.1, -0.05) is 0 Å². The minimum atomic E-state index is -0.189. The van der Waals surface area contributed by atoms with Crippen LogP contribution in [0.25, 0.3) is 0 Å². The number of halogens is 1. The van der Waals surface area contributed by atoms with Crippen LogP contribution < -0.4 is 5.32 Å². The molecule has 0 aromatic carbocycles. The fourth-order valence-corrected chi connectivity index (χ4v) is 2.38. The first-order valence-electron chi connectivity index (χ1n) is 5.90. The monoisotopic (exact) mass is 300 g/mol. The van der Waals surface area contributed by atoms with Gasteiger partial charge < -0.3 is 10.1 Å². The Hall–Kier alpha value is -0.450. The number of pyridine rings is 1. The largest absolute Gasteiger partial charge is 0.374 e. The second-order valence-electron chi connectivity index (χ2n) is 4.59. The maximum absolute atomic E-state index is 5.79. The first kappa shape index (κ1) is 14.6. The van der Waals surface area contributed by atoms with Gasteiger partial charge in [0.05, 0.1) is 5.60 Å². The molecule has 1 N–H and O–H groups in total. The molecule has 0 spiro atoms. The number of hydrogen-bond donors (Lipinski definition) is 1. The summed E-state index contributed by atoms with van der Waals surface area (Å²) in [5, 5.41) is 3.33. The summed E-state index contributed by atoms with van der Waals surface area (Å²) in [5.74, 6) is 0. The maximum Gasteiger partial charge on any atom is 0.0781 e. The van der Waals surface area contributed by atoms with Crippen molar-refractivity contribution < 1.29 is 4.74 Å². The first-order valence-corrected chi connectivity index (χ1v) is 6.69. The van der Waals surface area contributed by atoms with Gasteiger partial charge in [-0.3, -0.25) is 4.98 Å². The molecule has 0 aliphatic heterocycles. The molecule has 0 saturated carbocycles. The van der Waals surface area contributed by atoms with Gasteiger partial charge in [-0.15, -0.1) is 0 Å². The molecule has 96 valence electrons. The molecule has 1 aromatic heterocycles. The van der Waals surface area contributed by atoms with Gasteiger partial charge in [-0.2, -0.15) is 0 Å². The average molecular weight is 301 g/mol. The minimum absolute atomic E-state index is 0.189. The van der Waals surface area contributed by atoms with E-state index in [4.69, 9.17) is 4.74 Å². The van der Waals surface area contributed by atoms with E-state index in [1.807, 2.05) is 20.2 Å². The van der Waals surface area contributed by atoms with E-state index >= 15 is 0 Å². The zero-order valence-electron chi connectivity index (χ0n) is 11.0. The third-order valence-corrected chi connectivity index (χ3v) is 3.34. The van der Waals surface area contributed by atoms with Crippen molar-refractivity contribution in [2.45, 2.75) is 38.8 Å². The second kappa shape index (κ2) is 6.47. The Balaban J connectivity index is 2.76. The zero-order valence-corrected chi connectivity index (χ0v) is 12.5. The number of nitrogens with zero attached hydrogens (tertiary/aromatic N) is 1. The molecular formula is C13H21BrN2O. The van der Waals surface area contributed by atoms with Crippen molar-refractivity contribution in [2.75, 3.05) is 13.7 Å². The molecule has 1 unspecified atom stereocenters. The van der Waals surface area contributed by atoms with E-state index in [9.17, 15) is 0 Å². The highest BCUT2D eigenvalue weighted by Crippen LogP contribution is 2.19. The minimum Gasteiger partial charge on any atom is -0.374 e. The first-order chi connectivity index (χ1) is 7.99. The quantitative estimate of drug-likeness (QED) is 0.877. The highest BCUT2D eigenvalue weighted by Gasteiger charge is 2.28. The number of likely N-dealkylation sites (N-methyl/N-ethyl adjacent to an activating group) is 1. The van der Waals surface area contributed by atoms with Crippen molar-refractivity contribution in [1.82, 2.24) is 10.3 Å². The van der Waals surface area contributed by atoms with Crippen LogP contribution in [0.3, 0.4) is 0 Å². The Morgan fingerprint density at radius 1 is 1.47 bits per heavy atom. The maximum atomic E-state index is 5.79. The van der Waals surface area contributed by atoms with Crippen LogP contribution in [-0.4, -0.2) is 30.3 Å². The van der Waals surface area contributed by atoms with Gasteiger partial charge in [0.15, 0.2) is 0 Å². The second-order valence-corrected chi connectivity index (χ2v) is 5.51. The molecule has 1 rings (SSSR count). The van der Waals surface area contributed by atoms with E-state index in [0.29, 0.717) is 0 Å². The predicted octanol–water partition coefficient (Wildman–Crippen LogP) is 2.79. The summed E-state index contributed by atoms with van der Waals surface area (Å²) in [4.78, 5) is 4.18. The summed E-state index contributed by atoms with van der Waals surface area (Å²) in [6, 6.07) is 2.36. The predicted molar refractivity (Wildman–Crippen MR) is 74.2 cm³/mol. The van der Waals surface area contributed by atoms with E-state index in [-0.39, 0.29) is 11.6 Å². The normalized spacial score (nSPS) is 13.7. The molecule has 4 heteroatoms. The van der Waals surface area contributed by atoms with E-state index in [1.54, 1.807) is 6.20 Å². The lowest BCUT2D eigenvalue weighted by Crippen LogP contribution is -2.48. The SMILES string of the molecule is CCOC(C)(C)C(Cc1cncc(Br)c1)NC. The van der Waals surface area contributed by atoms with Crippen LogP contribution in [0.4, 0.5) is 0 Å². The fraction of sp³-hybridized carbons (Fsp3) is 0.615. The fourth-order valence-electron chi connectivity index (χ4n) is 1.97. The van der Waals surface area contributed by atoms with E-state index in [0.717, 1.165) is 17.5 Å². The Morgan fingerprint density at radius 2 is 2.18 bits per heavy atom. The van der Waals surface area contributed by atoms with Crippen LogP contribution in [0.1, 0.15) is 26.3 Å². The Kier molecular flexibility index (Phi) is 5.56. The molecule has 0 bridgehead atoms. The Morgan fingerprint density at radius 3 is 2.71 bits per heavy atom. The van der Waals surface area contributed by atoms with E-state index in [1.165, 1.54) is 5.56 Å². The highest BCUT2D eigenvalue weighted by atomic mass is 79.9. The van der Waals surface area contributed by atoms with Crippen LogP contribution >= 0.6 is 15.9 Å². The standard InChI is InChI=1S/C13H21BrN2O/c1-5-17-13(2,3)12(15-4)7-10-6-11(14)9-16-8-10/h6,8-9,12,15H,5,7H2,1-4H3. The van der Waals surface area contributed by atoms with Crippen LogP contribution in [0, 0.1) is 0 Å². The van der Waals surface area contributed by atoms with Gasteiger partial charge in [-0.05, 0) is 61.8 Å². The number of hydrogen-bond acceptors (Lipinski definition) is 3. The molecule has 3 nitrogen and oxygen atoms in total. The summed E-state index contributed by atoms with van der Waals surface area (Å²) < 4.78 is 6.80. The van der Waals surface area contributed by atoms with Crippen molar-refractivity contribution in [1.29, 1.82) is 0 Å². The summed E-state index contributed by atoms with van der Waals surface area (Å²) in [6.45, 7) is 6.98. The van der Waals surface area contributed by atoms with Crippen molar-refractivity contribution >= 4 is 15.9 Å². The van der Waals surface area contributed by atoms with Crippen LogP contribution in [-0.2, 0) is 11.2 Å². The summed E-state index contributed by atoms with van der Waals surface area (Å²) in [7, 11) is 1.97. The van der Waals surface area contributed by atoms with Crippen molar-refractivity contribution in [3.8, 4) is 0 Å². The number of nitrogens with one attached hydrogen (secondary N) is 1. The van der Waals surface area contributed by atoms with Gasteiger partial charge in [0.1, 0.15) is 0 Å². The lowest BCUT2D eigenvalue weighted by molar-refractivity contribution is -0.0363. The van der Waals surface area contributed by atoms with Gasteiger partial charge in [0.25, 0.3) is 0 Å². The van der Waals surface area contributed by atoms with Crippen LogP contribution in [0.2, 0.25) is 0 Å². The summed E-state index contributed by atoms with van der Waals surface area (Å²) in [5.41, 5.74) is 1.01. The molecule has 17 heavy (non-hydrogen) atoms. The van der Waals surface area contributed by atoms with E-state index in [2.05, 4.69) is 46.1 Å². The zero-order chi connectivity index (χ0) is 12.9. The van der Waals surface area contributed by atoms with Crippen molar-refractivity contribution in [2.24, 2.45) is 0 Å². The molecule has 0 aliphatic carbocycles. The third-order valence-electron chi connectivity index (χ3n) is 2.91. The molecule has 1 atom stereocenters. The molecule has 0 radical (unpaired) electrons. The van der Waals surface area contributed by atoms with Crippen LogP contribution in [0.15, 0.2) is 22.9 Å². The van der Waals surface area contributed by atoms with Crippen molar-refractivity contribution in [3.63, 3.8) is 0 Å². The highest BCUT2D eigenvalue weighted by molar-refractivity contribution is 9.10. The molecule has 1 heterocycles. The molecule has 1 aromatic rings. The summed E-state index contributed by atoms with van der Waals surface area (Å²) >= 11 is 3.44. The summed E-state index contributed by atoms with van der Waals surface area (Å²) in [6.07, 6.45) is 4.60. The van der Waals surface area contributed by atoms with Crippen molar-refractivity contribution in [3.05, 3.63) is 28.5 Å². The Bertz CT molecular complexity index is 355. The van der Waals surface area contributed by atoms with Gasteiger partial charge in [0.2, 0.25) is 0 Å². The van der Waals surface area contributed by atoms with Crippen LogP contribution in [0.5, 0.6) is 0 Å². The van der Waals surface area contributed by atoms with Gasteiger partial charge in [0, 0.05) is 29.5 Å². The number of ether oxygens (including phenoxy) is 1. The molecule has 0 amide bonds. The smallest absolute Gasteiger partial charge is 0.0781 e. The number of rotatable bonds is 6. The average Bonchev–Trinajstić information content (AvgIpc) is 2.25. The lowest BCUT2D eigenvalue weighted by Gasteiger charge is -2.34.